The Balaban J connectivity index is 2.11. The lowest BCUT2D eigenvalue weighted by atomic mass is 10.2. The molecule has 0 spiro atoms. The minimum Gasteiger partial charge on any atom is -0.348 e. The van der Waals surface area contributed by atoms with Crippen molar-refractivity contribution >= 4 is 11.6 Å². The zero-order valence-corrected chi connectivity index (χ0v) is 9.76. The first-order valence-electron chi connectivity index (χ1n) is 5.64. The normalized spacial score (nSPS) is 10.2. The van der Waals surface area contributed by atoms with E-state index in [1.54, 1.807) is 17.4 Å². The molecule has 0 aliphatic heterocycles. The first-order valence-corrected chi connectivity index (χ1v) is 5.64. The second kappa shape index (κ2) is 5.30. The summed E-state index contributed by atoms with van der Waals surface area (Å²) in [4.78, 5) is 20.7. The van der Waals surface area contributed by atoms with Crippen LogP contribution in [-0.4, -0.2) is 22.4 Å². The molecule has 1 N–H and O–H groups in total. The monoisotopic (exact) mass is 229 g/mol. The molecule has 1 amide bonds. The van der Waals surface area contributed by atoms with E-state index in [1.807, 2.05) is 37.3 Å². The Morgan fingerprint density at radius 2 is 2.12 bits per heavy atom. The molecule has 1 heterocycles. The standard InChI is InChI=1S/C13H15N3O/c1-2-16(12-6-4-3-5-7-12)13(17)8-11-9-14-10-15-11/h3-7,9-10H,2,8H2,1H3,(H,14,15). The Morgan fingerprint density at radius 1 is 1.35 bits per heavy atom. The number of benzene rings is 1. The smallest absolute Gasteiger partial charge is 0.232 e. The van der Waals surface area contributed by atoms with Crippen molar-refractivity contribution in [1.82, 2.24) is 9.97 Å². The van der Waals surface area contributed by atoms with Crippen molar-refractivity contribution in [3.05, 3.63) is 48.5 Å². The molecule has 0 fully saturated rings. The number of H-pyrrole nitrogens is 1. The van der Waals surface area contributed by atoms with Gasteiger partial charge in [0.1, 0.15) is 0 Å². The van der Waals surface area contributed by atoms with Crippen LogP contribution in [0.15, 0.2) is 42.9 Å². The van der Waals surface area contributed by atoms with Crippen molar-refractivity contribution in [2.45, 2.75) is 13.3 Å². The molecule has 2 aromatic rings. The van der Waals surface area contributed by atoms with Crippen molar-refractivity contribution in [3.8, 4) is 0 Å². The molecule has 0 saturated carbocycles. The van der Waals surface area contributed by atoms with Crippen LogP contribution < -0.4 is 4.90 Å². The van der Waals surface area contributed by atoms with Gasteiger partial charge in [-0.15, -0.1) is 0 Å². The predicted octanol–water partition coefficient (Wildman–Crippen LogP) is 2.01. The number of imidazole rings is 1. The fourth-order valence-electron chi connectivity index (χ4n) is 1.75. The van der Waals surface area contributed by atoms with Gasteiger partial charge in [-0.1, -0.05) is 18.2 Å². The number of hydrogen-bond acceptors (Lipinski definition) is 2. The van der Waals surface area contributed by atoms with E-state index in [2.05, 4.69) is 9.97 Å². The van der Waals surface area contributed by atoms with Gasteiger partial charge in [-0.2, -0.15) is 0 Å². The number of nitrogens with zero attached hydrogens (tertiary/aromatic N) is 2. The van der Waals surface area contributed by atoms with Crippen LogP contribution in [-0.2, 0) is 11.2 Å². The van der Waals surface area contributed by atoms with Crippen LogP contribution in [0, 0.1) is 0 Å². The maximum absolute atomic E-state index is 12.1. The Kier molecular flexibility index (Phi) is 3.55. The molecule has 0 saturated heterocycles. The fourth-order valence-corrected chi connectivity index (χ4v) is 1.75. The van der Waals surface area contributed by atoms with Crippen LogP contribution in [0.4, 0.5) is 5.69 Å². The van der Waals surface area contributed by atoms with Crippen LogP contribution in [0.2, 0.25) is 0 Å². The van der Waals surface area contributed by atoms with Crippen LogP contribution in [0.1, 0.15) is 12.6 Å². The van der Waals surface area contributed by atoms with Crippen LogP contribution in [0.3, 0.4) is 0 Å². The summed E-state index contributed by atoms with van der Waals surface area (Å²) < 4.78 is 0. The SMILES string of the molecule is CCN(C(=O)Cc1cnc[nH]1)c1ccccc1. The third-order valence-electron chi connectivity index (χ3n) is 2.58. The second-order valence-corrected chi connectivity index (χ2v) is 3.73. The molecule has 2 rings (SSSR count). The highest BCUT2D eigenvalue weighted by Gasteiger charge is 2.14. The molecular weight excluding hydrogens is 214 g/mol. The number of aromatic nitrogens is 2. The predicted molar refractivity (Wildman–Crippen MR) is 66.8 cm³/mol. The molecule has 0 bridgehead atoms. The quantitative estimate of drug-likeness (QED) is 0.871. The third-order valence-corrected chi connectivity index (χ3v) is 2.58. The van der Waals surface area contributed by atoms with E-state index in [0.717, 1.165) is 11.4 Å². The maximum atomic E-state index is 12.1. The lowest BCUT2D eigenvalue weighted by molar-refractivity contribution is -0.118. The van der Waals surface area contributed by atoms with Gasteiger partial charge >= 0.3 is 0 Å². The van der Waals surface area contributed by atoms with Gasteiger partial charge in [0, 0.05) is 24.1 Å². The molecule has 1 aromatic carbocycles. The zero-order chi connectivity index (χ0) is 12.1. The van der Waals surface area contributed by atoms with Gasteiger partial charge in [-0.25, -0.2) is 4.98 Å². The molecule has 0 aliphatic carbocycles. The molecule has 88 valence electrons. The number of para-hydroxylation sites is 1. The largest absolute Gasteiger partial charge is 0.348 e. The van der Waals surface area contributed by atoms with Crippen molar-refractivity contribution in [1.29, 1.82) is 0 Å². The van der Waals surface area contributed by atoms with Gasteiger partial charge in [0.05, 0.1) is 12.7 Å². The van der Waals surface area contributed by atoms with Gasteiger partial charge < -0.3 is 9.88 Å². The Labute approximate surface area is 100 Å². The lowest BCUT2D eigenvalue weighted by Crippen LogP contribution is -2.32. The van der Waals surface area contributed by atoms with Gasteiger partial charge in [-0.05, 0) is 19.1 Å². The van der Waals surface area contributed by atoms with Gasteiger partial charge in [-0.3, -0.25) is 4.79 Å². The van der Waals surface area contributed by atoms with Crippen molar-refractivity contribution in [2.75, 3.05) is 11.4 Å². The van der Waals surface area contributed by atoms with Gasteiger partial charge in [0.15, 0.2) is 0 Å². The maximum Gasteiger partial charge on any atom is 0.232 e. The van der Waals surface area contributed by atoms with E-state index < -0.39 is 0 Å². The first-order chi connectivity index (χ1) is 8.31. The summed E-state index contributed by atoms with van der Waals surface area (Å²) in [6.45, 7) is 2.63. The fraction of sp³-hybridized carbons (Fsp3) is 0.231. The van der Waals surface area contributed by atoms with Gasteiger partial charge in [0.2, 0.25) is 5.91 Å². The second-order valence-electron chi connectivity index (χ2n) is 3.73. The molecule has 4 heteroatoms. The van der Waals surface area contributed by atoms with E-state index in [1.165, 1.54) is 0 Å². The van der Waals surface area contributed by atoms with E-state index in [9.17, 15) is 4.79 Å². The number of nitrogens with one attached hydrogen (secondary N) is 1. The summed E-state index contributed by atoms with van der Waals surface area (Å²) in [5, 5.41) is 0. The topological polar surface area (TPSA) is 49.0 Å². The molecule has 4 nitrogen and oxygen atoms in total. The highest BCUT2D eigenvalue weighted by Crippen LogP contribution is 2.14. The molecular formula is C13H15N3O. The Morgan fingerprint density at radius 3 is 2.71 bits per heavy atom. The summed E-state index contributed by atoms with van der Waals surface area (Å²) >= 11 is 0. The average Bonchev–Trinajstić information content (AvgIpc) is 2.84. The zero-order valence-electron chi connectivity index (χ0n) is 9.76. The van der Waals surface area contributed by atoms with Crippen LogP contribution >= 0.6 is 0 Å². The molecule has 0 radical (unpaired) electrons. The number of carbonyl (C=O) groups is 1. The molecule has 0 aliphatic rings. The highest BCUT2D eigenvalue weighted by molar-refractivity contribution is 5.94. The van der Waals surface area contributed by atoms with E-state index in [4.69, 9.17) is 0 Å². The average molecular weight is 229 g/mol. The molecule has 0 unspecified atom stereocenters. The molecule has 17 heavy (non-hydrogen) atoms. The number of rotatable bonds is 4. The molecule has 1 aromatic heterocycles. The minimum absolute atomic E-state index is 0.0722. The highest BCUT2D eigenvalue weighted by atomic mass is 16.2. The summed E-state index contributed by atoms with van der Waals surface area (Å²) in [5.74, 6) is 0.0722. The number of likely N-dealkylation sites (N-methyl/N-ethyl adjacent to an activating group) is 1. The number of hydrogen-bond donors (Lipinski definition) is 1. The number of amides is 1. The summed E-state index contributed by atoms with van der Waals surface area (Å²) in [6.07, 6.45) is 3.61. The van der Waals surface area contributed by atoms with Gasteiger partial charge in [0.25, 0.3) is 0 Å². The Bertz CT molecular complexity index is 465. The van der Waals surface area contributed by atoms with Crippen LogP contribution in [0.5, 0.6) is 0 Å². The number of aromatic amines is 1. The lowest BCUT2D eigenvalue weighted by Gasteiger charge is -2.20. The molecule has 0 atom stereocenters. The first kappa shape index (κ1) is 11.4. The summed E-state index contributed by atoms with van der Waals surface area (Å²) in [7, 11) is 0. The summed E-state index contributed by atoms with van der Waals surface area (Å²) in [5.41, 5.74) is 1.77. The van der Waals surface area contributed by atoms with E-state index in [0.29, 0.717) is 13.0 Å². The van der Waals surface area contributed by atoms with E-state index >= 15 is 0 Å². The third kappa shape index (κ3) is 2.72. The number of anilines is 1. The summed E-state index contributed by atoms with van der Waals surface area (Å²) in [6, 6.07) is 9.68. The van der Waals surface area contributed by atoms with E-state index in [-0.39, 0.29) is 5.91 Å². The van der Waals surface area contributed by atoms with Crippen molar-refractivity contribution in [3.63, 3.8) is 0 Å². The number of carbonyl (C=O) groups excluding carboxylic acids is 1. The minimum atomic E-state index is 0.0722. The van der Waals surface area contributed by atoms with Crippen molar-refractivity contribution < 1.29 is 4.79 Å². The Hall–Kier alpha value is -2.10. The van der Waals surface area contributed by atoms with Crippen molar-refractivity contribution in [2.24, 2.45) is 0 Å². The van der Waals surface area contributed by atoms with Crippen LogP contribution in [0.25, 0.3) is 0 Å².